The summed E-state index contributed by atoms with van der Waals surface area (Å²) in [6, 6.07) is 7.02. The Hall–Kier alpha value is -6.57. The van der Waals surface area contributed by atoms with Crippen LogP contribution in [0.5, 0.6) is 0 Å². The number of hydrogen-bond acceptors (Lipinski definition) is 14. The number of pyridine rings is 2. The summed E-state index contributed by atoms with van der Waals surface area (Å²) in [4.78, 5) is 84.1. The summed E-state index contributed by atoms with van der Waals surface area (Å²) >= 11 is 0. The van der Waals surface area contributed by atoms with Crippen LogP contribution in [0.15, 0.2) is 48.9 Å². The molecule has 4 aromatic rings. The first-order valence-corrected chi connectivity index (χ1v) is 19.4. The van der Waals surface area contributed by atoms with Crippen LogP contribution < -0.4 is 32.7 Å². The average molecular weight is 828 g/mol. The standard InChI is InChI=1S/C41H46FN9O9/c1-23-27(20-45-22-29(23)43)26-18-24-19-32(48-21-28(24)38(44)37(26)42)49-34(53)7-3-6-33(52)47-11-13-59-15-17-60-16-14-58-12-10-46-30-5-2-4-25-36(30)41(57)51(40(25)56)31-8-9-35(54)50-39(31)55/h2,4-5,18-22,31,46H,3,6-17,43-44H2,1H3,(H,47,52)(H,48,49,53)(H,50,54,55). The molecule has 2 aliphatic heterocycles. The Morgan fingerprint density at radius 1 is 0.883 bits per heavy atom. The predicted octanol–water partition coefficient (Wildman–Crippen LogP) is 2.70. The maximum absolute atomic E-state index is 15.2. The summed E-state index contributed by atoms with van der Waals surface area (Å²) in [5, 5.41) is 11.7. The van der Waals surface area contributed by atoms with Crippen LogP contribution in [0.25, 0.3) is 21.9 Å². The van der Waals surface area contributed by atoms with Gasteiger partial charge >= 0.3 is 0 Å². The van der Waals surface area contributed by atoms with Crippen molar-refractivity contribution in [2.24, 2.45) is 0 Å². The van der Waals surface area contributed by atoms with Gasteiger partial charge in [-0.1, -0.05) is 6.07 Å². The Labute approximate surface area is 343 Å². The quantitative estimate of drug-likeness (QED) is 0.0426. The summed E-state index contributed by atoms with van der Waals surface area (Å²) < 4.78 is 31.8. The normalized spacial score (nSPS) is 15.0. The van der Waals surface area contributed by atoms with E-state index in [9.17, 15) is 28.8 Å². The molecule has 4 heterocycles. The van der Waals surface area contributed by atoms with Crippen molar-refractivity contribution in [1.29, 1.82) is 0 Å². The van der Waals surface area contributed by atoms with Gasteiger partial charge in [0.05, 0.1) is 68.3 Å². The van der Waals surface area contributed by atoms with Crippen LogP contribution in [0.2, 0.25) is 0 Å². The minimum Gasteiger partial charge on any atom is -0.397 e. The average Bonchev–Trinajstić information content (AvgIpc) is 3.48. The van der Waals surface area contributed by atoms with E-state index in [1.165, 1.54) is 24.7 Å². The summed E-state index contributed by atoms with van der Waals surface area (Å²) in [5.74, 6) is -3.17. The lowest BCUT2D eigenvalue weighted by Crippen LogP contribution is -2.54. The van der Waals surface area contributed by atoms with Gasteiger partial charge in [0, 0.05) is 66.9 Å². The molecule has 0 radical (unpaired) electrons. The third-order valence-corrected chi connectivity index (χ3v) is 9.96. The fourth-order valence-corrected chi connectivity index (χ4v) is 6.80. The van der Waals surface area contributed by atoms with Gasteiger partial charge in [-0.25, -0.2) is 9.37 Å². The van der Waals surface area contributed by atoms with Crippen LogP contribution in [-0.4, -0.2) is 109 Å². The third-order valence-electron chi connectivity index (χ3n) is 9.96. The highest BCUT2D eigenvalue weighted by atomic mass is 19.1. The van der Waals surface area contributed by atoms with Gasteiger partial charge in [0.2, 0.25) is 23.6 Å². The number of carbonyl (C=O) groups is 6. The molecule has 6 rings (SSSR count). The van der Waals surface area contributed by atoms with Gasteiger partial charge in [-0.15, -0.1) is 0 Å². The summed E-state index contributed by atoms with van der Waals surface area (Å²) in [6.07, 6.45) is 5.05. The monoisotopic (exact) mass is 827 g/mol. The van der Waals surface area contributed by atoms with Crippen molar-refractivity contribution >= 4 is 69.1 Å². The minimum absolute atomic E-state index is 0.0439. The number of carbonyl (C=O) groups excluding carboxylic acids is 6. The number of imide groups is 2. The van der Waals surface area contributed by atoms with Gasteiger partial charge in [-0.3, -0.25) is 44.0 Å². The lowest BCUT2D eigenvalue weighted by molar-refractivity contribution is -0.136. The molecule has 8 N–H and O–H groups in total. The van der Waals surface area contributed by atoms with E-state index in [0.717, 1.165) is 4.90 Å². The van der Waals surface area contributed by atoms with Crippen LogP contribution in [0.1, 0.15) is 58.4 Å². The largest absolute Gasteiger partial charge is 0.397 e. The second-order valence-corrected chi connectivity index (χ2v) is 14.0. The van der Waals surface area contributed by atoms with Crippen molar-refractivity contribution in [2.45, 2.75) is 45.1 Å². The number of piperidine rings is 1. The number of nitrogens with zero attached hydrogens (tertiary/aromatic N) is 3. The highest BCUT2D eigenvalue weighted by molar-refractivity contribution is 6.25. The number of anilines is 4. The van der Waals surface area contributed by atoms with Crippen molar-refractivity contribution < 1.29 is 47.4 Å². The Balaban J connectivity index is 0.792. The molecule has 0 bridgehead atoms. The number of hydrogen-bond donors (Lipinski definition) is 6. The molecule has 6 amide bonds. The molecule has 60 heavy (non-hydrogen) atoms. The number of amides is 6. The topological polar surface area (TPSA) is 259 Å². The number of fused-ring (bicyclic) bond motifs is 2. The van der Waals surface area contributed by atoms with Gasteiger partial charge in [0.15, 0.2) is 5.82 Å². The molecule has 1 unspecified atom stereocenters. The number of benzene rings is 2. The zero-order valence-electron chi connectivity index (χ0n) is 32.9. The lowest BCUT2D eigenvalue weighted by atomic mass is 9.97. The molecular formula is C41H46FN9O9. The van der Waals surface area contributed by atoms with E-state index < -0.39 is 35.5 Å². The molecule has 1 fully saturated rings. The fraction of sp³-hybridized carbons (Fsp3) is 0.366. The molecule has 18 nitrogen and oxygen atoms in total. The minimum atomic E-state index is -1.04. The second kappa shape index (κ2) is 19.9. The Morgan fingerprint density at radius 2 is 1.60 bits per heavy atom. The number of ether oxygens (including phenoxy) is 3. The zero-order valence-corrected chi connectivity index (χ0v) is 32.9. The molecule has 1 atom stereocenters. The van der Waals surface area contributed by atoms with Crippen LogP contribution in [-0.2, 0) is 33.4 Å². The van der Waals surface area contributed by atoms with E-state index in [1.807, 2.05) is 0 Å². The molecule has 0 spiro atoms. The molecule has 2 aromatic carbocycles. The van der Waals surface area contributed by atoms with E-state index in [2.05, 4.69) is 31.2 Å². The predicted molar refractivity (Wildman–Crippen MR) is 218 cm³/mol. The smallest absolute Gasteiger partial charge is 0.264 e. The van der Waals surface area contributed by atoms with Crippen LogP contribution in [0.3, 0.4) is 0 Å². The Kier molecular flexibility index (Phi) is 14.3. The van der Waals surface area contributed by atoms with Crippen LogP contribution in [0.4, 0.5) is 27.3 Å². The molecular weight excluding hydrogens is 782 g/mol. The van der Waals surface area contributed by atoms with E-state index in [-0.39, 0.29) is 72.3 Å². The van der Waals surface area contributed by atoms with E-state index in [0.29, 0.717) is 85.8 Å². The van der Waals surface area contributed by atoms with Gasteiger partial charge in [0.25, 0.3) is 11.8 Å². The lowest BCUT2D eigenvalue weighted by Gasteiger charge is -2.27. The number of nitrogens with one attached hydrogen (secondary N) is 4. The van der Waals surface area contributed by atoms with Crippen LogP contribution in [0, 0.1) is 12.7 Å². The van der Waals surface area contributed by atoms with E-state index in [1.54, 1.807) is 31.2 Å². The van der Waals surface area contributed by atoms with Gasteiger partial charge in [-0.2, -0.15) is 0 Å². The number of rotatable bonds is 20. The van der Waals surface area contributed by atoms with E-state index in [4.69, 9.17) is 25.7 Å². The Bertz CT molecular complexity index is 2310. The van der Waals surface area contributed by atoms with Crippen molar-refractivity contribution in [3.05, 3.63) is 71.4 Å². The molecule has 2 aromatic heterocycles. The van der Waals surface area contributed by atoms with E-state index >= 15 is 4.39 Å². The summed E-state index contributed by atoms with van der Waals surface area (Å²) in [7, 11) is 0. The summed E-state index contributed by atoms with van der Waals surface area (Å²) in [5.41, 5.74) is 14.6. The van der Waals surface area contributed by atoms with Gasteiger partial charge in [0.1, 0.15) is 11.9 Å². The molecule has 2 aliphatic rings. The molecule has 0 aliphatic carbocycles. The molecule has 0 saturated carbocycles. The molecule has 19 heteroatoms. The maximum atomic E-state index is 15.2. The second-order valence-electron chi connectivity index (χ2n) is 14.0. The van der Waals surface area contributed by atoms with Crippen molar-refractivity contribution in [1.82, 2.24) is 25.5 Å². The number of nitrogen functional groups attached to an aromatic ring is 2. The fourth-order valence-electron chi connectivity index (χ4n) is 6.80. The van der Waals surface area contributed by atoms with Gasteiger partial charge in [-0.05, 0) is 55.0 Å². The molecule has 1 saturated heterocycles. The zero-order chi connectivity index (χ0) is 42.8. The number of nitrogens with two attached hydrogens (primary N) is 2. The number of halogens is 1. The molecule has 316 valence electrons. The maximum Gasteiger partial charge on any atom is 0.264 e. The SMILES string of the molecule is Cc1c(N)cncc1-c1cc2cc(NC(=O)CCCC(=O)NCCOCCOCCOCCNc3cccc4c3C(=O)N(C3CCC(=O)NC3=O)C4=O)ncc2c(N)c1F. The van der Waals surface area contributed by atoms with Crippen molar-refractivity contribution in [3.63, 3.8) is 0 Å². The van der Waals surface area contributed by atoms with Crippen LogP contribution >= 0.6 is 0 Å². The van der Waals surface area contributed by atoms with Crippen molar-refractivity contribution in [3.8, 4) is 11.1 Å². The highest BCUT2D eigenvalue weighted by Crippen LogP contribution is 2.36. The first-order valence-electron chi connectivity index (χ1n) is 19.4. The summed E-state index contributed by atoms with van der Waals surface area (Å²) in [6.45, 7) is 4.21. The van der Waals surface area contributed by atoms with Gasteiger partial charge < -0.3 is 41.6 Å². The third kappa shape index (κ3) is 10.2. The van der Waals surface area contributed by atoms with Crippen molar-refractivity contribution in [2.75, 3.05) is 74.8 Å². The Morgan fingerprint density at radius 3 is 2.35 bits per heavy atom. The first kappa shape index (κ1) is 43.0. The first-order chi connectivity index (χ1) is 28.9. The highest BCUT2D eigenvalue weighted by Gasteiger charge is 2.45. The number of aromatic nitrogens is 2.